The summed E-state index contributed by atoms with van der Waals surface area (Å²) in [7, 11) is 0. The number of amides is 1. The summed E-state index contributed by atoms with van der Waals surface area (Å²) in [6.07, 6.45) is 10.2. The first kappa shape index (κ1) is 19.5. The number of hydrogen-bond donors (Lipinski definition) is 2. The first-order valence-electron chi connectivity index (χ1n) is 6.09. The third-order valence-electron chi connectivity index (χ3n) is 1.44. The van der Waals surface area contributed by atoms with Crippen LogP contribution < -0.4 is 11.1 Å². The SMILES string of the molecule is C=CC=CCN.C=CC=CCNC(=O)OC(C)(C)C. The van der Waals surface area contributed by atoms with Gasteiger partial charge in [0.05, 0.1) is 0 Å². The second-order valence-corrected chi connectivity index (χ2v) is 4.45. The Kier molecular flexibility index (Phi) is 13.0. The Morgan fingerprint density at radius 2 is 1.74 bits per heavy atom. The highest BCUT2D eigenvalue weighted by molar-refractivity contribution is 5.67. The van der Waals surface area contributed by atoms with Crippen molar-refractivity contribution in [2.45, 2.75) is 26.4 Å². The van der Waals surface area contributed by atoms with Crippen molar-refractivity contribution >= 4 is 6.09 Å². The highest BCUT2D eigenvalue weighted by Crippen LogP contribution is 2.05. The van der Waals surface area contributed by atoms with Crippen molar-refractivity contribution in [1.82, 2.24) is 5.32 Å². The van der Waals surface area contributed by atoms with Crippen LogP contribution in [0.15, 0.2) is 49.6 Å². The summed E-state index contributed by atoms with van der Waals surface area (Å²) in [6.45, 7) is 13.5. The number of carbonyl (C=O) groups is 1. The molecular formula is C15H26N2O2. The van der Waals surface area contributed by atoms with Gasteiger partial charge >= 0.3 is 6.09 Å². The maximum atomic E-state index is 11.0. The number of nitrogens with two attached hydrogens (primary N) is 1. The zero-order valence-corrected chi connectivity index (χ0v) is 12.2. The monoisotopic (exact) mass is 266 g/mol. The van der Waals surface area contributed by atoms with E-state index < -0.39 is 11.7 Å². The van der Waals surface area contributed by atoms with E-state index >= 15 is 0 Å². The zero-order chi connectivity index (χ0) is 15.1. The van der Waals surface area contributed by atoms with Gasteiger partial charge in [-0.3, -0.25) is 0 Å². The highest BCUT2D eigenvalue weighted by Gasteiger charge is 2.14. The first-order chi connectivity index (χ1) is 8.87. The summed E-state index contributed by atoms with van der Waals surface area (Å²) in [5.74, 6) is 0. The predicted molar refractivity (Wildman–Crippen MR) is 82.0 cm³/mol. The quantitative estimate of drug-likeness (QED) is 0.752. The Morgan fingerprint density at radius 3 is 2.11 bits per heavy atom. The minimum Gasteiger partial charge on any atom is -0.444 e. The normalized spacial score (nSPS) is 10.7. The van der Waals surface area contributed by atoms with Gasteiger partial charge in [0.25, 0.3) is 0 Å². The molecule has 0 fully saturated rings. The van der Waals surface area contributed by atoms with E-state index in [9.17, 15) is 4.79 Å². The summed E-state index contributed by atoms with van der Waals surface area (Å²) < 4.78 is 5.01. The van der Waals surface area contributed by atoms with Crippen LogP contribution in [0.5, 0.6) is 0 Å². The van der Waals surface area contributed by atoms with Gasteiger partial charge in [-0.25, -0.2) is 4.79 Å². The number of alkyl carbamates (subject to hydrolysis) is 1. The summed E-state index contributed by atoms with van der Waals surface area (Å²) >= 11 is 0. The van der Waals surface area contributed by atoms with E-state index in [1.54, 1.807) is 24.3 Å². The van der Waals surface area contributed by atoms with E-state index in [0.717, 1.165) is 0 Å². The average Bonchev–Trinajstić information content (AvgIpc) is 2.31. The van der Waals surface area contributed by atoms with Gasteiger partial charge in [-0.2, -0.15) is 0 Å². The van der Waals surface area contributed by atoms with Crippen molar-refractivity contribution in [2.75, 3.05) is 13.1 Å². The van der Waals surface area contributed by atoms with Crippen LogP contribution in [0.2, 0.25) is 0 Å². The molecule has 0 aliphatic carbocycles. The van der Waals surface area contributed by atoms with Crippen LogP contribution in [0.4, 0.5) is 4.79 Å². The fourth-order valence-corrected chi connectivity index (χ4v) is 0.795. The molecule has 0 aliphatic heterocycles. The number of nitrogens with one attached hydrogen (secondary N) is 1. The van der Waals surface area contributed by atoms with E-state index in [1.807, 2.05) is 32.9 Å². The van der Waals surface area contributed by atoms with Crippen LogP contribution in [0.1, 0.15) is 20.8 Å². The molecule has 0 saturated heterocycles. The van der Waals surface area contributed by atoms with Crippen LogP contribution in [-0.4, -0.2) is 24.8 Å². The molecule has 19 heavy (non-hydrogen) atoms. The number of hydrogen-bond acceptors (Lipinski definition) is 3. The van der Waals surface area contributed by atoms with Crippen molar-refractivity contribution in [3.63, 3.8) is 0 Å². The fourth-order valence-electron chi connectivity index (χ4n) is 0.795. The molecule has 0 rings (SSSR count). The molecule has 0 saturated carbocycles. The molecule has 108 valence electrons. The molecule has 0 unspecified atom stereocenters. The molecule has 4 heteroatoms. The van der Waals surface area contributed by atoms with Gasteiger partial charge < -0.3 is 15.8 Å². The van der Waals surface area contributed by atoms with Crippen molar-refractivity contribution < 1.29 is 9.53 Å². The second kappa shape index (κ2) is 12.6. The Hall–Kier alpha value is -1.81. The summed E-state index contributed by atoms with van der Waals surface area (Å²) in [4.78, 5) is 11.0. The van der Waals surface area contributed by atoms with Crippen LogP contribution >= 0.6 is 0 Å². The minimum atomic E-state index is -0.438. The maximum Gasteiger partial charge on any atom is 0.407 e. The van der Waals surface area contributed by atoms with Crippen LogP contribution in [0.3, 0.4) is 0 Å². The van der Waals surface area contributed by atoms with Crippen molar-refractivity contribution in [1.29, 1.82) is 0 Å². The van der Waals surface area contributed by atoms with E-state index in [-0.39, 0.29) is 0 Å². The largest absolute Gasteiger partial charge is 0.444 e. The number of rotatable bonds is 5. The maximum absolute atomic E-state index is 11.0. The van der Waals surface area contributed by atoms with Crippen molar-refractivity contribution in [3.8, 4) is 0 Å². The topological polar surface area (TPSA) is 64.3 Å². The van der Waals surface area contributed by atoms with E-state index in [4.69, 9.17) is 10.5 Å². The standard InChI is InChI=1S/C10H17NO2.C5H9N/c1-5-6-7-8-11-9(12)13-10(2,3)4;1-2-3-4-5-6/h5-7H,1,8H2,2-4H3,(H,11,12);2-4H,1,5-6H2. The highest BCUT2D eigenvalue weighted by atomic mass is 16.6. The number of carbonyl (C=O) groups excluding carboxylic acids is 1. The van der Waals surface area contributed by atoms with E-state index in [1.165, 1.54) is 0 Å². The van der Waals surface area contributed by atoms with Crippen molar-refractivity contribution in [2.24, 2.45) is 5.73 Å². The van der Waals surface area contributed by atoms with Crippen LogP contribution in [0.25, 0.3) is 0 Å². The van der Waals surface area contributed by atoms with Gasteiger partial charge in [0.15, 0.2) is 0 Å². The van der Waals surface area contributed by atoms with E-state index in [0.29, 0.717) is 13.1 Å². The average molecular weight is 266 g/mol. The predicted octanol–water partition coefficient (Wildman–Crippen LogP) is 2.94. The minimum absolute atomic E-state index is 0.402. The molecule has 0 aliphatic rings. The molecule has 0 bridgehead atoms. The third-order valence-corrected chi connectivity index (χ3v) is 1.44. The van der Waals surface area contributed by atoms with Gasteiger partial charge in [-0.1, -0.05) is 49.6 Å². The molecule has 0 heterocycles. The van der Waals surface area contributed by atoms with Crippen LogP contribution in [0, 0.1) is 0 Å². The molecule has 0 spiro atoms. The molecule has 0 aromatic heterocycles. The van der Waals surface area contributed by atoms with Gasteiger partial charge in [-0.15, -0.1) is 0 Å². The Morgan fingerprint density at radius 1 is 1.21 bits per heavy atom. The lowest BCUT2D eigenvalue weighted by Crippen LogP contribution is -2.32. The first-order valence-corrected chi connectivity index (χ1v) is 6.09. The smallest absolute Gasteiger partial charge is 0.407 e. The Bertz CT molecular complexity index is 313. The van der Waals surface area contributed by atoms with Gasteiger partial charge in [0.1, 0.15) is 5.60 Å². The van der Waals surface area contributed by atoms with E-state index in [2.05, 4.69) is 18.5 Å². The summed E-state index contributed by atoms with van der Waals surface area (Å²) in [5.41, 5.74) is 4.64. The molecule has 0 aromatic carbocycles. The molecule has 0 atom stereocenters. The number of allylic oxidation sites excluding steroid dienone is 4. The van der Waals surface area contributed by atoms with Gasteiger partial charge in [0.2, 0.25) is 0 Å². The van der Waals surface area contributed by atoms with Gasteiger partial charge in [-0.05, 0) is 20.8 Å². The number of ether oxygens (including phenoxy) is 1. The molecule has 4 nitrogen and oxygen atoms in total. The summed E-state index contributed by atoms with van der Waals surface area (Å²) in [6, 6.07) is 0. The second-order valence-electron chi connectivity index (χ2n) is 4.45. The fraction of sp³-hybridized carbons (Fsp3) is 0.400. The molecular weight excluding hydrogens is 240 g/mol. The molecule has 0 radical (unpaired) electrons. The lowest BCUT2D eigenvalue weighted by Gasteiger charge is -2.19. The van der Waals surface area contributed by atoms with Gasteiger partial charge in [0, 0.05) is 13.1 Å². The third kappa shape index (κ3) is 21.9. The van der Waals surface area contributed by atoms with Crippen LogP contribution in [-0.2, 0) is 4.74 Å². The summed E-state index contributed by atoms with van der Waals surface area (Å²) in [5, 5.41) is 2.58. The molecule has 1 amide bonds. The Labute approximate surface area is 116 Å². The zero-order valence-electron chi connectivity index (χ0n) is 12.2. The van der Waals surface area contributed by atoms with Crippen molar-refractivity contribution in [3.05, 3.63) is 49.6 Å². The lowest BCUT2D eigenvalue weighted by atomic mass is 10.2. The lowest BCUT2D eigenvalue weighted by molar-refractivity contribution is 0.0534. The molecule has 0 aromatic rings. The molecule has 3 N–H and O–H groups in total. The Balaban J connectivity index is 0.